The molecule has 0 saturated carbocycles. The van der Waals surface area contributed by atoms with Crippen LogP contribution in [0.5, 0.6) is 0 Å². The number of likely N-dealkylation sites (N-methyl/N-ethyl adjacent to an activating group) is 1. The lowest BCUT2D eigenvalue weighted by Crippen LogP contribution is -2.57. The minimum Gasteiger partial charge on any atom is -0.379 e. The smallest absolute Gasteiger partial charge is 0.256 e. The molecule has 1 aliphatic heterocycles. The van der Waals surface area contributed by atoms with Crippen molar-refractivity contribution in [2.24, 2.45) is 0 Å². The summed E-state index contributed by atoms with van der Waals surface area (Å²) in [4.78, 5) is 15.6. The normalized spacial score (nSPS) is 23.0. The first-order chi connectivity index (χ1) is 9.83. The minimum absolute atomic E-state index is 0.0296. The van der Waals surface area contributed by atoms with Crippen molar-refractivity contribution in [2.75, 3.05) is 27.2 Å². The van der Waals surface area contributed by atoms with Crippen LogP contribution in [0.15, 0.2) is 18.2 Å². The van der Waals surface area contributed by atoms with E-state index < -0.39 is 23.1 Å². The molecule has 1 amide bonds. The van der Waals surface area contributed by atoms with Crippen LogP contribution in [0.4, 0.5) is 8.78 Å². The number of hydrogen-bond acceptors (Lipinski definition) is 3. The van der Waals surface area contributed by atoms with E-state index in [0.29, 0.717) is 19.4 Å². The van der Waals surface area contributed by atoms with Gasteiger partial charge in [0.2, 0.25) is 0 Å². The standard InChI is InChI=1S/C15H20F2N2O2/c1-18(2)10-15(21)7-4-8-19(14(15)20)9-11-5-3-6-12(16)13(11)17/h3,5-6,21H,4,7-10H2,1-2H3. The Bertz CT molecular complexity index is 536. The van der Waals surface area contributed by atoms with Crippen molar-refractivity contribution in [3.63, 3.8) is 0 Å². The SMILES string of the molecule is CN(C)CC1(O)CCCN(Cc2cccc(F)c2F)C1=O. The molecular weight excluding hydrogens is 278 g/mol. The Balaban J connectivity index is 2.17. The maximum Gasteiger partial charge on any atom is 0.256 e. The van der Waals surface area contributed by atoms with Crippen molar-refractivity contribution in [3.05, 3.63) is 35.4 Å². The largest absolute Gasteiger partial charge is 0.379 e. The molecule has 4 nitrogen and oxygen atoms in total. The summed E-state index contributed by atoms with van der Waals surface area (Å²) in [6.07, 6.45) is 1.01. The van der Waals surface area contributed by atoms with Crippen molar-refractivity contribution in [1.82, 2.24) is 9.80 Å². The molecule has 116 valence electrons. The molecule has 0 aromatic heterocycles. The van der Waals surface area contributed by atoms with E-state index in [-0.39, 0.29) is 18.7 Å². The fourth-order valence-corrected chi connectivity index (χ4v) is 2.76. The van der Waals surface area contributed by atoms with Crippen molar-refractivity contribution in [3.8, 4) is 0 Å². The van der Waals surface area contributed by atoms with E-state index in [1.807, 2.05) is 0 Å². The molecule has 1 aliphatic rings. The van der Waals surface area contributed by atoms with Gasteiger partial charge >= 0.3 is 0 Å². The lowest BCUT2D eigenvalue weighted by molar-refractivity contribution is -0.159. The highest BCUT2D eigenvalue weighted by molar-refractivity contribution is 5.86. The number of nitrogens with zero attached hydrogens (tertiary/aromatic N) is 2. The molecule has 1 heterocycles. The number of amides is 1. The van der Waals surface area contributed by atoms with Crippen LogP contribution in [-0.4, -0.2) is 53.6 Å². The van der Waals surface area contributed by atoms with Gasteiger partial charge in [-0.2, -0.15) is 0 Å². The van der Waals surface area contributed by atoms with Gasteiger partial charge in [-0.25, -0.2) is 8.78 Å². The second kappa shape index (κ2) is 6.07. The summed E-state index contributed by atoms with van der Waals surface area (Å²) in [6, 6.07) is 3.90. The summed E-state index contributed by atoms with van der Waals surface area (Å²) < 4.78 is 26.9. The van der Waals surface area contributed by atoms with E-state index in [1.165, 1.54) is 17.0 Å². The average molecular weight is 298 g/mol. The highest BCUT2D eigenvalue weighted by Crippen LogP contribution is 2.25. The van der Waals surface area contributed by atoms with Crippen molar-refractivity contribution >= 4 is 5.91 Å². The molecule has 1 atom stereocenters. The molecule has 0 radical (unpaired) electrons. The van der Waals surface area contributed by atoms with Crippen LogP contribution in [0.2, 0.25) is 0 Å². The van der Waals surface area contributed by atoms with Crippen molar-refractivity contribution in [1.29, 1.82) is 0 Å². The van der Waals surface area contributed by atoms with Gasteiger partial charge in [0.1, 0.15) is 0 Å². The second-order valence-corrected chi connectivity index (χ2v) is 5.81. The number of carbonyl (C=O) groups excluding carboxylic acids is 1. The summed E-state index contributed by atoms with van der Waals surface area (Å²) in [6.45, 7) is 0.622. The first-order valence-corrected chi connectivity index (χ1v) is 6.93. The molecular formula is C15H20F2N2O2. The van der Waals surface area contributed by atoms with Crippen LogP contribution in [0.25, 0.3) is 0 Å². The van der Waals surface area contributed by atoms with Gasteiger partial charge in [-0.15, -0.1) is 0 Å². The van der Waals surface area contributed by atoms with Crippen molar-refractivity contribution in [2.45, 2.75) is 25.0 Å². The minimum atomic E-state index is -1.45. The summed E-state index contributed by atoms with van der Waals surface area (Å²) >= 11 is 0. The molecule has 2 rings (SSSR count). The van der Waals surface area contributed by atoms with Gasteiger partial charge in [0.05, 0.1) is 0 Å². The van der Waals surface area contributed by atoms with Gasteiger partial charge in [0, 0.05) is 25.2 Å². The third-order valence-corrected chi connectivity index (χ3v) is 3.67. The topological polar surface area (TPSA) is 43.8 Å². The molecule has 1 saturated heterocycles. The zero-order chi connectivity index (χ0) is 15.6. The third kappa shape index (κ3) is 3.39. The summed E-state index contributed by atoms with van der Waals surface area (Å²) in [5.41, 5.74) is -1.33. The van der Waals surface area contributed by atoms with E-state index in [4.69, 9.17) is 0 Å². The first kappa shape index (κ1) is 15.9. The van der Waals surface area contributed by atoms with Gasteiger partial charge in [0.25, 0.3) is 5.91 Å². The number of benzene rings is 1. The summed E-state index contributed by atoms with van der Waals surface area (Å²) in [5.74, 6) is -2.29. The summed E-state index contributed by atoms with van der Waals surface area (Å²) in [5, 5.41) is 10.5. The van der Waals surface area contributed by atoms with E-state index >= 15 is 0 Å². The third-order valence-electron chi connectivity index (χ3n) is 3.67. The van der Waals surface area contributed by atoms with Gasteiger partial charge < -0.3 is 14.9 Å². The van der Waals surface area contributed by atoms with Crippen LogP contribution in [0, 0.1) is 11.6 Å². The lowest BCUT2D eigenvalue weighted by Gasteiger charge is -2.39. The first-order valence-electron chi connectivity index (χ1n) is 6.93. The number of piperidine rings is 1. The van der Waals surface area contributed by atoms with Gasteiger partial charge in [-0.3, -0.25) is 4.79 Å². The van der Waals surface area contributed by atoms with Gasteiger partial charge in [0.15, 0.2) is 17.2 Å². The fourth-order valence-electron chi connectivity index (χ4n) is 2.76. The molecule has 1 aromatic rings. The highest BCUT2D eigenvalue weighted by atomic mass is 19.2. The number of likely N-dealkylation sites (tertiary alicyclic amines) is 1. The molecule has 0 aliphatic carbocycles. The average Bonchev–Trinajstić information content (AvgIpc) is 2.39. The Hall–Kier alpha value is -1.53. The van der Waals surface area contributed by atoms with E-state index in [1.54, 1.807) is 19.0 Å². The highest BCUT2D eigenvalue weighted by Gasteiger charge is 2.42. The number of aliphatic hydroxyl groups is 1. The molecule has 1 unspecified atom stereocenters. The Morgan fingerprint density at radius 1 is 1.38 bits per heavy atom. The molecule has 0 spiro atoms. The number of carbonyl (C=O) groups is 1. The molecule has 0 bridgehead atoms. The Morgan fingerprint density at radius 3 is 2.76 bits per heavy atom. The number of hydrogen-bond donors (Lipinski definition) is 1. The Kier molecular flexibility index (Phi) is 4.58. The lowest BCUT2D eigenvalue weighted by atomic mass is 9.91. The van der Waals surface area contributed by atoms with E-state index in [2.05, 4.69) is 0 Å². The predicted molar refractivity (Wildman–Crippen MR) is 74.5 cm³/mol. The van der Waals surface area contributed by atoms with Crippen LogP contribution in [0.1, 0.15) is 18.4 Å². The molecule has 21 heavy (non-hydrogen) atoms. The Labute approximate surface area is 123 Å². The second-order valence-electron chi connectivity index (χ2n) is 5.81. The zero-order valence-electron chi connectivity index (χ0n) is 12.3. The van der Waals surface area contributed by atoms with Crippen molar-refractivity contribution < 1.29 is 18.7 Å². The quantitative estimate of drug-likeness (QED) is 0.913. The predicted octanol–water partition coefficient (Wildman–Crippen LogP) is 1.38. The maximum atomic E-state index is 13.7. The van der Waals surface area contributed by atoms with Gasteiger partial charge in [-0.1, -0.05) is 12.1 Å². The van der Waals surface area contributed by atoms with Gasteiger partial charge in [-0.05, 0) is 33.0 Å². The van der Waals surface area contributed by atoms with E-state index in [9.17, 15) is 18.7 Å². The number of halogens is 2. The van der Waals surface area contributed by atoms with Crippen LogP contribution in [-0.2, 0) is 11.3 Å². The molecule has 6 heteroatoms. The molecule has 1 fully saturated rings. The molecule has 1 aromatic carbocycles. The van der Waals surface area contributed by atoms with Crippen LogP contribution in [0.3, 0.4) is 0 Å². The molecule has 1 N–H and O–H groups in total. The zero-order valence-corrected chi connectivity index (χ0v) is 12.3. The number of rotatable bonds is 4. The van der Waals surface area contributed by atoms with Crippen LogP contribution < -0.4 is 0 Å². The summed E-state index contributed by atoms with van der Waals surface area (Å²) in [7, 11) is 3.55. The monoisotopic (exact) mass is 298 g/mol. The van der Waals surface area contributed by atoms with E-state index in [0.717, 1.165) is 6.07 Å². The maximum absolute atomic E-state index is 13.7. The Morgan fingerprint density at radius 2 is 2.10 bits per heavy atom. The van der Waals surface area contributed by atoms with Crippen LogP contribution >= 0.6 is 0 Å². The fraction of sp³-hybridized carbons (Fsp3) is 0.533.